The highest BCUT2D eigenvalue weighted by Crippen LogP contribution is 2.08. The second-order valence-corrected chi connectivity index (χ2v) is 4.57. The van der Waals surface area contributed by atoms with Crippen molar-refractivity contribution in [3.05, 3.63) is 29.3 Å². The molecule has 2 N–H and O–H groups in total. The number of hydrogen-bond donors (Lipinski definition) is 2. The first-order valence-electron chi connectivity index (χ1n) is 5.69. The van der Waals surface area contributed by atoms with Gasteiger partial charge in [0, 0.05) is 39.3 Å². The fourth-order valence-corrected chi connectivity index (χ4v) is 1.60. The molecule has 0 atom stereocenters. The van der Waals surface area contributed by atoms with E-state index >= 15 is 0 Å². The van der Waals surface area contributed by atoms with Crippen LogP contribution in [0.15, 0.2) is 18.2 Å². The molecule has 0 heterocycles. The van der Waals surface area contributed by atoms with Crippen LogP contribution in [-0.2, 0) is 0 Å². The Morgan fingerprint density at radius 1 is 1.00 bits per heavy atom. The second-order valence-electron chi connectivity index (χ2n) is 4.57. The van der Waals surface area contributed by atoms with Gasteiger partial charge in [-0.15, -0.1) is 0 Å². The number of amides is 2. The maximum atomic E-state index is 12.0. The van der Waals surface area contributed by atoms with E-state index < -0.39 is 13.0 Å². The molecular weight excluding hydrogens is 247 g/mol. The molecule has 0 aliphatic heterocycles. The van der Waals surface area contributed by atoms with Gasteiger partial charge < -0.3 is 19.8 Å². The summed E-state index contributed by atoms with van der Waals surface area (Å²) >= 11 is 0. The Labute approximate surface area is 112 Å². The molecule has 0 aromatic heterocycles. The molecule has 0 aliphatic rings. The molecule has 0 saturated heterocycles. The monoisotopic (exact) mass is 264 g/mol. The van der Waals surface area contributed by atoms with Gasteiger partial charge in [-0.05, 0) is 17.6 Å². The Kier molecular flexibility index (Phi) is 4.69. The van der Waals surface area contributed by atoms with Crippen LogP contribution in [0, 0.1) is 0 Å². The molecule has 0 fully saturated rings. The fraction of sp³-hybridized carbons (Fsp3) is 0.333. The second kappa shape index (κ2) is 5.86. The van der Waals surface area contributed by atoms with Gasteiger partial charge in [0.2, 0.25) is 0 Å². The first-order valence-corrected chi connectivity index (χ1v) is 5.69. The highest BCUT2D eigenvalue weighted by atomic mass is 16.4. The summed E-state index contributed by atoms with van der Waals surface area (Å²) in [6.07, 6.45) is 0. The summed E-state index contributed by atoms with van der Waals surface area (Å²) < 4.78 is 0. The number of nitrogens with zero attached hydrogens (tertiary/aromatic N) is 2. The SMILES string of the molecule is CN(C)C(=O)c1ccc(B(O)O)c(C(=O)N(C)C)c1. The van der Waals surface area contributed by atoms with Crippen molar-refractivity contribution in [1.29, 1.82) is 0 Å². The summed E-state index contributed by atoms with van der Waals surface area (Å²) in [6.45, 7) is 0. The van der Waals surface area contributed by atoms with Gasteiger partial charge in [0.25, 0.3) is 11.8 Å². The van der Waals surface area contributed by atoms with Gasteiger partial charge in [-0.1, -0.05) is 6.07 Å². The van der Waals surface area contributed by atoms with Crippen molar-refractivity contribution < 1.29 is 19.6 Å². The van der Waals surface area contributed by atoms with Crippen LogP contribution in [-0.4, -0.2) is 67.0 Å². The summed E-state index contributed by atoms with van der Waals surface area (Å²) in [5, 5.41) is 18.5. The summed E-state index contributed by atoms with van der Waals surface area (Å²) in [6, 6.07) is 4.21. The zero-order valence-corrected chi connectivity index (χ0v) is 11.4. The molecule has 1 aromatic carbocycles. The molecule has 0 saturated carbocycles. The minimum Gasteiger partial charge on any atom is -0.423 e. The van der Waals surface area contributed by atoms with E-state index in [4.69, 9.17) is 0 Å². The van der Waals surface area contributed by atoms with Crippen molar-refractivity contribution in [3.8, 4) is 0 Å². The maximum Gasteiger partial charge on any atom is 0.489 e. The highest BCUT2D eigenvalue weighted by Gasteiger charge is 2.23. The smallest absolute Gasteiger partial charge is 0.423 e. The zero-order chi connectivity index (χ0) is 14.7. The lowest BCUT2D eigenvalue weighted by Gasteiger charge is -2.16. The van der Waals surface area contributed by atoms with Crippen LogP contribution in [0.25, 0.3) is 0 Å². The summed E-state index contributed by atoms with van der Waals surface area (Å²) in [5.74, 6) is -0.650. The molecule has 0 radical (unpaired) electrons. The summed E-state index contributed by atoms with van der Waals surface area (Å²) in [7, 11) is 4.55. The van der Waals surface area contributed by atoms with Crippen molar-refractivity contribution >= 4 is 24.4 Å². The van der Waals surface area contributed by atoms with Gasteiger partial charge >= 0.3 is 7.12 Å². The standard InChI is InChI=1S/C12H17BN2O4/c1-14(2)11(16)8-5-6-10(13(18)19)9(7-8)12(17)15(3)4/h5-7,18-19H,1-4H3. The minimum atomic E-state index is -1.76. The largest absolute Gasteiger partial charge is 0.489 e. The Bertz CT molecular complexity index is 501. The van der Waals surface area contributed by atoms with Gasteiger partial charge in [-0.2, -0.15) is 0 Å². The lowest BCUT2D eigenvalue weighted by molar-refractivity contribution is 0.0826. The summed E-state index contributed by atoms with van der Waals surface area (Å²) in [4.78, 5) is 26.5. The third kappa shape index (κ3) is 3.33. The van der Waals surface area contributed by atoms with Crippen LogP contribution in [0.1, 0.15) is 20.7 Å². The molecular formula is C12H17BN2O4. The van der Waals surface area contributed by atoms with E-state index in [2.05, 4.69) is 0 Å². The lowest BCUT2D eigenvalue weighted by atomic mass is 9.76. The topological polar surface area (TPSA) is 81.1 Å². The first-order chi connectivity index (χ1) is 8.75. The Balaban J connectivity index is 3.34. The predicted octanol–water partition coefficient (Wildman–Crippen LogP) is -1.23. The molecule has 6 nitrogen and oxygen atoms in total. The summed E-state index contributed by atoms with van der Waals surface area (Å²) in [5.41, 5.74) is 0.501. The molecule has 0 unspecified atom stereocenters. The van der Waals surface area contributed by atoms with E-state index in [1.165, 1.54) is 28.0 Å². The van der Waals surface area contributed by atoms with Crippen LogP contribution in [0.5, 0.6) is 0 Å². The van der Waals surface area contributed by atoms with Crippen molar-refractivity contribution in [3.63, 3.8) is 0 Å². The quantitative estimate of drug-likeness (QED) is 0.670. The molecule has 1 aromatic rings. The number of carbonyl (C=O) groups is 2. The predicted molar refractivity (Wildman–Crippen MR) is 72.3 cm³/mol. The van der Waals surface area contributed by atoms with Crippen LogP contribution in [0.2, 0.25) is 0 Å². The van der Waals surface area contributed by atoms with Crippen LogP contribution >= 0.6 is 0 Å². The van der Waals surface area contributed by atoms with Gasteiger partial charge in [0.15, 0.2) is 0 Å². The Morgan fingerprint density at radius 3 is 1.95 bits per heavy atom. The average Bonchev–Trinajstić information content (AvgIpc) is 2.35. The number of hydrogen-bond acceptors (Lipinski definition) is 4. The molecule has 0 aliphatic carbocycles. The van der Waals surface area contributed by atoms with Crippen LogP contribution < -0.4 is 5.46 Å². The molecule has 0 bridgehead atoms. The number of carbonyl (C=O) groups excluding carboxylic acids is 2. The zero-order valence-electron chi connectivity index (χ0n) is 11.4. The van der Waals surface area contributed by atoms with E-state index in [0.717, 1.165) is 0 Å². The third-order valence-electron chi connectivity index (χ3n) is 2.62. The van der Waals surface area contributed by atoms with E-state index in [9.17, 15) is 19.6 Å². The van der Waals surface area contributed by atoms with Gasteiger partial charge in [-0.3, -0.25) is 9.59 Å². The molecule has 102 valence electrons. The third-order valence-corrected chi connectivity index (χ3v) is 2.62. The van der Waals surface area contributed by atoms with Gasteiger partial charge in [0.05, 0.1) is 0 Å². The molecule has 7 heteroatoms. The molecule has 19 heavy (non-hydrogen) atoms. The normalized spacial score (nSPS) is 10.0. The van der Waals surface area contributed by atoms with Crippen molar-refractivity contribution in [2.24, 2.45) is 0 Å². The van der Waals surface area contributed by atoms with Gasteiger partial charge in [-0.25, -0.2) is 0 Å². The maximum absolute atomic E-state index is 12.0. The molecule has 2 amide bonds. The Hall–Kier alpha value is -1.86. The molecule has 1 rings (SSSR count). The first kappa shape index (κ1) is 15.2. The number of benzene rings is 1. The van der Waals surface area contributed by atoms with Crippen molar-refractivity contribution in [1.82, 2.24) is 9.80 Å². The van der Waals surface area contributed by atoms with Crippen molar-refractivity contribution in [2.75, 3.05) is 28.2 Å². The van der Waals surface area contributed by atoms with E-state index in [1.807, 2.05) is 0 Å². The van der Waals surface area contributed by atoms with Crippen LogP contribution in [0.4, 0.5) is 0 Å². The van der Waals surface area contributed by atoms with Crippen LogP contribution in [0.3, 0.4) is 0 Å². The fourth-order valence-electron chi connectivity index (χ4n) is 1.60. The highest BCUT2D eigenvalue weighted by molar-refractivity contribution is 6.60. The Morgan fingerprint density at radius 2 is 1.53 bits per heavy atom. The minimum absolute atomic E-state index is 0.0778. The van der Waals surface area contributed by atoms with E-state index in [0.29, 0.717) is 5.56 Å². The average molecular weight is 264 g/mol. The van der Waals surface area contributed by atoms with E-state index in [-0.39, 0.29) is 16.9 Å². The lowest BCUT2D eigenvalue weighted by Crippen LogP contribution is -2.38. The van der Waals surface area contributed by atoms with E-state index in [1.54, 1.807) is 28.2 Å². The van der Waals surface area contributed by atoms with Crippen molar-refractivity contribution in [2.45, 2.75) is 0 Å². The molecule has 0 spiro atoms. The van der Waals surface area contributed by atoms with Gasteiger partial charge in [0.1, 0.15) is 0 Å². The number of rotatable bonds is 3.